The molecule has 6 nitrogen and oxygen atoms in total. The molecular weight excluding hydrogens is 322 g/mol. The van der Waals surface area contributed by atoms with Gasteiger partial charge in [0.15, 0.2) is 11.5 Å². The van der Waals surface area contributed by atoms with E-state index in [1.54, 1.807) is 18.2 Å². The highest BCUT2D eigenvalue weighted by Crippen LogP contribution is 2.26. The fourth-order valence-electron chi connectivity index (χ4n) is 2.28. The van der Waals surface area contributed by atoms with Crippen molar-refractivity contribution in [3.8, 4) is 11.5 Å². The first-order valence-electron chi connectivity index (χ1n) is 6.68. The van der Waals surface area contributed by atoms with Crippen molar-refractivity contribution in [2.75, 3.05) is 7.11 Å². The Hall–Kier alpha value is -2.73. The van der Waals surface area contributed by atoms with Crippen LogP contribution in [-0.2, 0) is 6.54 Å². The number of benzene rings is 2. The predicted octanol–water partition coefficient (Wildman–Crippen LogP) is 2.37. The SMILES string of the molecule is COc1cc(Cn2c(=O)oc3ccc(Cl)cc3c2=O)ccc1O. The molecule has 0 bridgehead atoms. The Kier molecular flexibility index (Phi) is 3.83. The van der Waals surface area contributed by atoms with Crippen LogP contribution in [0.5, 0.6) is 11.5 Å². The molecule has 0 aliphatic heterocycles. The van der Waals surface area contributed by atoms with Gasteiger partial charge in [0.05, 0.1) is 19.0 Å². The number of methoxy groups -OCH3 is 1. The van der Waals surface area contributed by atoms with Crippen molar-refractivity contribution < 1.29 is 14.3 Å². The standard InChI is InChI=1S/C16H12ClNO5/c1-22-14-6-9(2-4-12(14)19)8-18-15(20)11-7-10(17)3-5-13(11)23-16(18)21/h2-7,19H,8H2,1H3. The molecule has 0 saturated heterocycles. The molecule has 118 valence electrons. The van der Waals surface area contributed by atoms with Crippen molar-refractivity contribution in [2.45, 2.75) is 6.54 Å². The molecule has 0 radical (unpaired) electrons. The maximum Gasteiger partial charge on any atom is 0.422 e. The molecule has 1 heterocycles. The second-order valence-corrected chi connectivity index (χ2v) is 5.34. The quantitative estimate of drug-likeness (QED) is 0.795. The molecule has 0 amide bonds. The van der Waals surface area contributed by atoms with Gasteiger partial charge in [-0.3, -0.25) is 4.79 Å². The first kappa shape index (κ1) is 15.2. The van der Waals surface area contributed by atoms with E-state index in [1.165, 1.54) is 25.3 Å². The van der Waals surface area contributed by atoms with Crippen molar-refractivity contribution in [1.29, 1.82) is 0 Å². The van der Waals surface area contributed by atoms with Gasteiger partial charge in [-0.1, -0.05) is 17.7 Å². The summed E-state index contributed by atoms with van der Waals surface area (Å²) in [5.74, 6) is -0.540. The number of halogens is 1. The number of aromatic hydroxyl groups is 1. The van der Waals surface area contributed by atoms with Crippen molar-refractivity contribution >= 4 is 22.6 Å². The van der Waals surface area contributed by atoms with Gasteiger partial charge in [0.2, 0.25) is 0 Å². The van der Waals surface area contributed by atoms with Crippen LogP contribution in [-0.4, -0.2) is 16.8 Å². The number of rotatable bonds is 3. The number of phenols is 1. The third-order valence-electron chi connectivity index (χ3n) is 3.42. The first-order chi connectivity index (χ1) is 11.0. The van der Waals surface area contributed by atoms with E-state index >= 15 is 0 Å². The summed E-state index contributed by atoms with van der Waals surface area (Å²) in [4.78, 5) is 24.5. The fraction of sp³-hybridized carbons (Fsp3) is 0.125. The van der Waals surface area contributed by atoms with Gasteiger partial charge in [0, 0.05) is 5.02 Å². The smallest absolute Gasteiger partial charge is 0.422 e. The summed E-state index contributed by atoms with van der Waals surface area (Å²) >= 11 is 5.89. The third-order valence-corrected chi connectivity index (χ3v) is 3.65. The molecule has 3 rings (SSSR count). The summed E-state index contributed by atoms with van der Waals surface area (Å²) in [5.41, 5.74) is 0.296. The summed E-state index contributed by atoms with van der Waals surface area (Å²) in [5, 5.41) is 10.2. The van der Waals surface area contributed by atoms with Crippen LogP contribution in [0.3, 0.4) is 0 Å². The monoisotopic (exact) mass is 333 g/mol. The predicted molar refractivity (Wildman–Crippen MR) is 85.5 cm³/mol. The van der Waals surface area contributed by atoms with Crippen LogP contribution in [0.2, 0.25) is 5.02 Å². The van der Waals surface area contributed by atoms with Crippen LogP contribution in [0, 0.1) is 0 Å². The lowest BCUT2D eigenvalue weighted by atomic mass is 10.2. The maximum absolute atomic E-state index is 12.5. The summed E-state index contributed by atoms with van der Waals surface area (Å²) in [6.45, 7) is -0.0136. The minimum atomic E-state index is -0.767. The normalized spacial score (nSPS) is 10.9. The highest BCUT2D eigenvalue weighted by Gasteiger charge is 2.12. The Morgan fingerprint density at radius 2 is 2.00 bits per heavy atom. The van der Waals surface area contributed by atoms with Crippen molar-refractivity contribution in [3.63, 3.8) is 0 Å². The number of nitrogens with zero attached hydrogens (tertiary/aromatic N) is 1. The molecule has 0 aliphatic rings. The van der Waals surface area contributed by atoms with E-state index in [4.69, 9.17) is 20.8 Å². The van der Waals surface area contributed by atoms with E-state index < -0.39 is 11.3 Å². The van der Waals surface area contributed by atoms with Crippen molar-refractivity contribution in [2.24, 2.45) is 0 Å². The van der Waals surface area contributed by atoms with Gasteiger partial charge in [-0.05, 0) is 35.9 Å². The van der Waals surface area contributed by atoms with Gasteiger partial charge in [0.25, 0.3) is 5.56 Å². The Balaban J connectivity index is 2.13. The molecule has 1 aromatic heterocycles. The van der Waals surface area contributed by atoms with Crippen LogP contribution in [0.25, 0.3) is 11.0 Å². The summed E-state index contributed by atoms with van der Waals surface area (Å²) < 4.78 is 11.1. The fourth-order valence-corrected chi connectivity index (χ4v) is 2.45. The highest BCUT2D eigenvalue weighted by molar-refractivity contribution is 6.31. The number of hydrogen-bond donors (Lipinski definition) is 1. The van der Waals surface area contributed by atoms with E-state index in [0.29, 0.717) is 10.6 Å². The van der Waals surface area contributed by atoms with Gasteiger partial charge < -0.3 is 14.3 Å². The number of phenolic OH excluding ortho intramolecular Hbond substituents is 1. The molecule has 0 fully saturated rings. The Labute approximate surface area is 135 Å². The van der Waals surface area contributed by atoms with E-state index in [0.717, 1.165) is 4.57 Å². The van der Waals surface area contributed by atoms with Gasteiger partial charge in [-0.15, -0.1) is 0 Å². The molecule has 0 saturated carbocycles. The lowest BCUT2D eigenvalue weighted by Gasteiger charge is -2.08. The molecule has 2 aromatic carbocycles. The van der Waals surface area contributed by atoms with Crippen LogP contribution in [0.15, 0.2) is 50.4 Å². The van der Waals surface area contributed by atoms with Gasteiger partial charge in [-0.25, -0.2) is 9.36 Å². The average Bonchev–Trinajstić information content (AvgIpc) is 2.54. The minimum Gasteiger partial charge on any atom is -0.504 e. The van der Waals surface area contributed by atoms with Crippen LogP contribution < -0.4 is 16.1 Å². The maximum atomic E-state index is 12.5. The van der Waals surface area contributed by atoms with Crippen molar-refractivity contribution in [1.82, 2.24) is 4.57 Å². The zero-order chi connectivity index (χ0) is 16.6. The van der Waals surface area contributed by atoms with Crippen LogP contribution in [0.1, 0.15) is 5.56 Å². The van der Waals surface area contributed by atoms with Crippen molar-refractivity contribution in [3.05, 3.63) is 67.9 Å². The molecule has 1 N–H and O–H groups in total. The van der Waals surface area contributed by atoms with Gasteiger partial charge in [0.1, 0.15) is 5.58 Å². The van der Waals surface area contributed by atoms with E-state index in [9.17, 15) is 14.7 Å². The highest BCUT2D eigenvalue weighted by atomic mass is 35.5. The Bertz CT molecular complexity index is 1010. The number of aromatic nitrogens is 1. The second kappa shape index (κ2) is 5.81. The zero-order valence-electron chi connectivity index (χ0n) is 12.1. The molecule has 3 aromatic rings. The third kappa shape index (κ3) is 2.80. The Morgan fingerprint density at radius 3 is 2.74 bits per heavy atom. The minimum absolute atomic E-state index is 0.0136. The number of ether oxygens (including phenoxy) is 1. The Morgan fingerprint density at radius 1 is 1.22 bits per heavy atom. The summed E-state index contributed by atoms with van der Waals surface area (Å²) in [6.07, 6.45) is 0. The van der Waals surface area contributed by atoms with Gasteiger partial charge >= 0.3 is 5.76 Å². The van der Waals surface area contributed by atoms with E-state index in [-0.39, 0.29) is 29.0 Å². The van der Waals surface area contributed by atoms with Gasteiger partial charge in [-0.2, -0.15) is 0 Å². The van der Waals surface area contributed by atoms with Crippen LogP contribution >= 0.6 is 11.6 Å². The van der Waals surface area contributed by atoms with Crippen LogP contribution in [0.4, 0.5) is 0 Å². The molecule has 0 atom stereocenters. The van der Waals surface area contributed by atoms with E-state index in [1.807, 2.05) is 0 Å². The molecular formula is C16H12ClNO5. The molecule has 7 heteroatoms. The van der Waals surface area contributed by atoms with E-state index in [2.05, 4.69) is 0 Å². The molecule has 23 heavy (non-hydrogen) atoms. The average molecular weight is 334 g/mol. The lowest BCUT2D eigenvalue weighted by molar-refractivity contribution is 0.372. The number of fused-ring (bicyclic) bond motifs is 1. The summed E-state index contributed by atoms with van der Waals surface area (Å²) in [7, 11) is 1.41. The lowest BCUT2D eigenvalue weighted by Crippen LogP contribution is -2.32. The molecule has 0 aliphatic carbocycles. The topological polar surface area (TPSA) is 81.7 Å². The molecule has 0 spiro atoms. The molecule has 0 unspecified atom stereocenters. The zero-order valence-corrected chi connectivity index (χ0v) is 12.8. The largest absolute Gasteiger partial charge is 0.504 e. The second-order valence-electron chi connectivity index (χ2n) is 4.91. The first-order valence-corrected chi connectivity index (χ1v) is 7.06. The number of hydrogen-bond acceptors (Lipinski definition) is 5. The summed E-state index contributed by atoms with van der Waals surface area (Å²) in [6, 6.07) is 9.04.